The Morgan fingerprint density at radius 2 is 2.12 bits per heavy atom. The van der Waals surface area contributed by atoms with Crippen LogP contribution in [0.4, 0.5) is 10.3 Å². The number of nitrogens with one attached hydrogen (secondary N) is 1. The molecular weight excluding hydrogens is 331 g/mol. The van der Waals surface area contributed by atoms with E-state index in [2.05, 4.69) is 22.2 Å². The van der Waals surface area contributed by atoms with Gasteiger partial charge in [0.15, 0.2) is 0 Å². The van der Waals surface area contributed by atoms with Crippen molar-refractivity contribution in [3.05, 3.63) is 35.9 Å². The second-order valence-electron chi connectivity index (χ2n) is 7.41. The van der Waals surface area contributed by atoms with Crippen molar-refractivity contribution in [3.8, 4) is 16.9 Å². The van der Waals surface area contributed by atoms with Gasteiger partial charge in [-0.15, -0.1) is 0 Å². The number of likely N-dealkylation sites (tertiary alicyclic amines) is 1. The topological polar surface area (TPSA) is 50.3 Å². The number of methoxy groups -OCH3 is 1. The first-order chi connectivity index (χ1) is 12.6. The fraction of sp³-hybridized carbons (Fsp3) is 0.500. The fourth-order valence-electron chi connectivity index (χ4n) is 3.63. The van der Waals surface area contributed by atoms with E-state index in [-0.39, 0.29) is 5.82 Å². The molecule has 4 rings (SSSR count). The van der Waals surface area contributed by atoms with E-state index in [4.69, 9.17) is 9.72 Å². The van der Waals surface area contributed by atoms with Crippen LogP contribution < -0.4 is 10.1 Å². The second-order valence-corrected chi connectivity index (χ2v) is 7.41. The molecular formula is C20H25FN4O. The van der Waals surface area contributed by atoms with E-state index in [1.54, 1.807) is 18.3 Å². The molecule has 1 saturated carbocycles. The third-order valence-corrected chi connectivity index (χ3v) is 5.29. The van der Waals surface area contributed by atoms with E-state index in [1.807, 2.05) is 0 Å². The molecule has 0 amide bonds. The zero-order valence-electron chi connectivity index (χ0n) is 15.3. The zero-order chi connectivity index (χ0) is 18.1. The van der Waals surface area contributed by atoms with Crippen molar-refractivity contribution in [2.45, 2.75) is 25.2 Å². The van der Waals surface area contributed by atoms with Crippen LogP contribution in [0.1, 0.15) is 30.9 Å². The van der Waals surface area contributed by atoms with Crippen molar-refractivity contribution < 1.29 is 9.13 Å². The summed E-state index contributed by atoms with van der Waals surface area (Å²) in [4.78, 5) is 11.5. The molecule has 1 aromatic carbocycles. The van der Waals surface area contributed by atoms with Gasteiger partial charge < -0.3 is 15.0 Å². The summed E-state index contributed by atoms with van der Waals surface area (Å²) < 4.78 is 19.6. The van der Waals surface area contributed by atoms with Crippen molar-refractivity contribution >= 4 is 5.95 Å². The van der Waals surface area contributed by atoms with Crippen LogP contribution in [0.3, 0.4) is 0 Å². The molecule has 1 atom stereocenters. The highest BCUT2D eigenvalue weighted by atomic mass is 19.1. The van der Waals surface area contributed by atoms with E-state index >= 15 is 0 Å². The van der Waals surface area contributed by atoms with Crippen LogP contribution in [0.2, 0.25) is 0 Å². The van der Waals surface area contributed by atoms with Gasteiger partial charge in [-0.1, -0.05) is 0 Å². The van der Waals surface area contributed by atoms with E-state index in [9.17, 15) is 4.39 Å². The highest BCUT2D eigenvalue weighted by Crippen LogP contribution is 2.44. The van der Waals surface area contributed by atoms with Gasteiger partial charge in [-0.05, 0) is 50.9 Å². The normalized spacial score (nSPS) is 20.3. The van der Waals surface area contributed by atoms with Crippen LogP contribution in [-0.4, -0.2) is 48.7 Å². The number of nitrogens with zero attached hydrogens (tertiary/aromatic N) is 3. The zero-order valence-corrected chi connectivity index (χ0v) is 15.3. The lowest BCUT2D eigenvalue weighted by Gasteiger charge is -2.14. The van der Waals surface area contributed by atoms with Gasteiger partial charge in [-0.2, -0.15) is 0 Å². The summed E-state index contributed by atoms with van der Waals surface area (Å²) in [6.45, 7) is 3.14. The third kappa shape index (κ3) is 3.65. The minimum atomic E-state index is -0.301. The van der Waals surface area contributed by atoms with Crippen molar-refractivity contribution in [2.24, 2.45) is 5.92 Å². The SMILES string of the molecule is COc1ccc(-c2cnc(NCC3CCN(C)C3)nc2C2CC2)c(F)c1. The molecule has 1 aliphatic heterocycles. The molecule has 2 aliphatic rings. The molecule has 138 valence electrons. The van der Waals surface area contributed by atoms with Gasteiger partial charge in [0.1, 0.15) is 11.6 Å². The van der Waals surface area contributed by atoms with Gasteiger partial charge in [0, 0.05) is 42.4 Å². The van der Waals surface area contributed by atoms with Crippen molar-refractivity contribution in [1.82, 2.24) is 14.9 Å². The predicted octanol–water partition coefficient (Wildman–Crippen LogP) is 3.53. The van der Waals surface area contributed by atoms with Crippen LogP contribution in [0.25, 0.3) is 11.1 Å². The molecule has 1 N–H and O–H groups in total. The first-order valence-corrected chi connectivity index (χ1v) is 9.27. The minimum absolute atomic E-state index is 0.301. The summed E-state index contributed by atoms with van der Waals surface area (Å²) in [5.74, 6) is 1.91. The lowest BCUT2D eigenvalue weighted by Crippen LogP contribution is -2.20. The number of halogens is 1. The maximum absolute atomic E-state index is 14.5. The number of hydrogen-bond acceptors (Lipinski definition) is 5. The van der Waals surface area contributed by atoms with Crippen LogP contribution in [0, 0.1) is 11.7 Å². The minimum Gasteiger partial charge on any atom is -0.497 e. The Balaban J connectivity index is 1.56. The van der Waals surface area contributed by atoms with Gasteiger partial charge in [-0.25, -0.2) is 14.4 Å². The monoisotopic (exact) mass is 356 g/mol. The molecule has 6 heteroatoms. The summed E-state index contributed by atoms with van der Waals surface area (Å²) in [5, 5.41) is 3.38. The molecule has 0 radical (unpaired) electrons. The average molecular weight is 356 g/mol. The molecule has 1 saturated heterocycles. The molecule has 2 fully saturated rings. The average Bonchev–Trinajstić information content (AvgIpc) is 3.41. The number of aromatic nitrogens is 2. The Bertz CT molecular complexity index is 793. The summed E-state index contributed by atoms with van der Waals surface area (Å²) in [6.07, 6.45) is 5.17. The third-order valence-electron chi connectivity index (χ3n) is 5.29. The van der Waals surface area contributed by atoms with E-state index in [1.165, 1.54) is 19.6 Å². The largest absolute Gasteiger partial charge is 0.497 e. The van der Waals surface area contributed by atoms with Gasteiger partial charge in [0.05, 0.1) is 12.8 Å². The fourth-order valence-corrected chi connectivity index (χ4v) is 3.63. The molecule has 1 aromatic heterocycles. The molecule has 26 heavy (non-hydrogen) atoms. The number of hydrogen-bond donors (Lipinski definition) is 1. The van der Waals surface area contributed by atoms with Crippen LogP contribution in [-0.2, 0) is 0 Å². The standard InChI is InChI=1S/C20H25FN4O/c1-25-8-7-13(12-25)10-22-20-23-11-17(19(24-20)14-3-4-14)16-6-5-15(26-2)9-18(16)21/h5-6,9,11,13-14H,3-4,7-8,10,12H2,1-2H3,(H,22,23,24). The molecule has 5 nitrogen and oxygen atoms in total. The lowest BCUT2D eigenvalue weighted by molar-refractivity contribution is 0.399. The predicted molar refractivity (Wildman–Crippen MR) is 100 cm³/mol. The van der Waals surface area contributed by atoms with Gasteiger partial charge in [0.25, 0.3) is 0 Å². The Labute approximate surface area is 153 Å². The maximum atomic E-state index is 14.5. The summed E-state index contributed by atoms with van der Waals surface area (Å²) in [5.41, 5.74) is 2.28. The van der Waals surface area contributed by atoms with Gasteiger partial charge >= 0.3 is 0 Å². The molecule has 1 aliphatic carbocycles. The van der Waals surface area contributed by atoms with Crippen molar-refractivity contribution in [3.63, 3.8) is 0 Å². The number of anilines is 1. The quantitative estimate of drug-likeness (QED) is 0.858. The van der Waals surface area contributed by atoms with Crippen LogP contribution in [0.5, 0.6) is 5.75 Å². The van der Waals surface area contributed by atoms with Crippen LogP contribution in [0.15, 0.2) is 24.4 Å². The summed E-state index contributed by atoms with van der Waals surface area (Å²) in [7, 11) is 3.69. The Morgan fingerprint density at radius 3 is 2.77 bits per heavy atom. The van der Waals surface area contributed by atoms with Crippen molar-refractivity contribution in [1.29, 1.82) is 0 Å². The smallest absolute Gasteiger partial charge is 0.222 e. The highest BCUT2D eigenvalue weighted by Gasteiger charge is 2.30. The second kappa shape index (κ2) is 7.19. The van der Waals surface area contributed by atoms with Gasteiger partial charge in [0.2, 0.25) is 5.95 Å². The Kier molecular flexibility index (Phi) is 4.76. The summed E-state index contributed by atoms with van der Waals surface area (Å²) >= 11 is 0. The number of rotatable bonds is 6. The van der Waals surface area contributed by atoms with E-state index < -0.39 is 0 Å². The Hall–Kier alpha value is -2.21. The van der Waals surface area contributed by atoms with Crippen LogP contribution >= 0.6 is 0 Å². The summed E-state index contributed by atoms with van der Waals surface area (Å²) in [6, 6.07) is 4.94. The maximum Gasteiger partial charge on any atom is 0.222 e. The molecule has 0 bridgehead atoms. The van der Waals surface area contributed by atoms with Crippen molar-refractivity contribution in [2.75, 3.05) is 39.1 Å². The molecule has 1 unspecified atom stereocenters. The lowest BCUT2D eigenvalue weighted by atomic mass is 10.0. The van der Waals surface area contributed by atoms with Gasteiger partial charge in [-0.3, -0.25) is 0 Å². The first kappa shape index (κ1) is 17.2. The number of benzene rings is 1. The molecule has 2 heterocycles. The van der Waals surface area contributed by atoms with E-state index in [0.29, 0.717) is 29.1 Å². The highest BCUT2D eigenvalue weighted by molar-refractivity contribution is 5.68. The first-order valence-electron chi connectivity index (χ1n) is 9.27. The number of ether oxygens (including phenoxy) is 1. The molecule has 0 spiro atoms. The molecule has 2 aromatic rings. The van der Waals surface area contributed by atoms with E-state index in [0.717, 1.165) is 43.7 Å². The Morgan fingerprint density at radius 1 is 1.27 bits per heavy atom.